The van der Waals surface area contributed by atoms with Gasteiger partial charge in [0.15, 0.2) is 0 Å². The third-order valence-corrected chi connectivity index (χ3v) is 5.28. The standard InChI is InChI=1S/C15H20FIN2/c1-2-18-11-8-12-4-5-13(9-11)19(12)15-6-3-10(16)7-14(15)17/h3,6-7,11-13,18H,2,4-5,8-9H2,1H3. The maximum absolute atomic E-state index is 13.3. The minimum atomic E-state index is -0.136. The number of fused-ring (bicyclic) bond motifs is 2. The Hall–Kier alpha value is -0.360. The fourth-order valence-corrected chi connectivity index (χ4v) is 4.47. The molecule has 2 aliphatic heterocycles. The summed E-state index contributed by atoms with van der Waals surface area (Å²) < 4.78 is 14.3. The van der Waals surface area contributed by atoms with Gasteiger partial charge in [-0.3, -0.25) is 0 Å². The summed E-state index contributed by atoms with van der Waals surface area (Å²) in [4.78, 5) is 2.55. The monoisotopic (exact) mass is 374 g/mol. The highest BCUT2D eigenvalue weighted by atomic mass is 127. The van der Waals surface area contributed by atoms with E-state index in [2.05, 4.69) is 39.7 Å². The lowest BCUT2D eigenvalue weighted by atomic mass is 9.96. The summed E-state index contributed by atoms with van der Waals surface area (Å²) in [6.45, 7) is 3.23. The molecule has 0 saturated carbocycles. The van der Waals surface area contributed by atoms with Gasteiger partial charge in [-0.1, -0.05) is 6.92 Å². The summed E-state index contributed by atoms with van der Waals surface area (Å²) in [6, 6.07) is 7.11. The fraction of sp³-hybridized carbons (Fsp3) is 0.600. The molecule has 1 aromatic carbocycles. The Kier molecular flexibility index (Phi) is 3.98. The molecule has 104 valence electrons. The molecule has 2 saturated heterocycles. The van der Waals surface area contributed by atoms with Crippen LogP contribution in [0.5, 0.6) is 0 Å². The summed E-state index contributed by atoms with van der Waals surface area (Å²) in [7, 11) is 0. The zero-order valence-corrected chi connectivity index (χ0v) is 13.4. The van der Waals surface area contributed by atoms with E-state index < -0.39 is 0 Å². The number of hydrogen-bond donors (Lipinski definition) is 1. The second-order valence-corrected chi connectivity index (χ2v) is 6.78. The van der Waals surface area contributed by atoms with Gasteiger partial charge in [-0.2, -0.15) is 0 Å². The molecule has 0 radical (unpaired) electrons. The molecule has 19 heavy (non-hydrogen) atoms. The predicted octanol–water partition coefficient (Wildman–Crippen LogP) is 3.54. The lowest BCUT2D eigenvalue weighted by Crippen LogP contribution is -2.49. The van der Waals surface area contributed by atoms with Crippen LogP contribution in [0.2, 0.25) is 0 Å². The van der Waals surface area contributed by atoms with Gasteiger partial charge in [0.05, 0.1) is 5.69 Å². The van der Waals surface area contributed by atoms with Gasteiger partial charge >= 0.3 is 0 Å². The van der Waals surface area contributed by atoms with Gasteiger partial charge in [-0.15, -0.1) is 0 Å². The summed E-state index contributed by atoms with van der Waals surface area (Å²) >= 11 is 2.26. The van der Waals surface area contributed by atoms with E-state index in [1.54, 1.807) is 12.1 Å². The van der Waals surface area contributed by atoms with Crippen LogP contribution in [0.1, 0.15) is 32.6 Å². The van der Waals surface area contributed by atoms with Crippen molar-refractivity contribution in [1.29, 1.82) is 0 Å². The molecule has 2 unspecified atom stereocenters. The minimum absolute atomic E-state index is 0.136. The van der Waals surface area contributed by atoms with E-state index in [0.29, 0.717) is 18.1 Å². The summed E-state index contributed by atoms with van der Waals surface area (Å²) in [6.07, 6.45) is 5.00. The van der Waals surface area contributed by atoms with E-state index in [9.17, 15) is 4.39 Å². The van der Waals surface area contributed by atoms with E-state index in [-0.39, 0.29) is 5.82 Å². The lowest BCUT2D eigenvalue weighted by molar-refractivity contribution is 0.361. The highest BCUT2D eigenvalue weighted by Gasteiger charge is 2.40. The Morgan fingerprint density at radius 2 is 2.00 bits per heavy atom. The van der Waals surface area contributed by atoms with E-state index in [1.165, 1.54) is 31.4 Å². The third kappa shape index (κ3) is 2.61. The van der Waals surface area contributed by atoms with Crippen LogP contribution in [0.15, 0.2) is 18.2 Å². The molecular formula is C15H20FIN2. The number of benzene rings is 1. The van der Waals surface area contributed by atoms with Crippen molar-refractivity contribution in [3.8, 4) is 0 Å². The van der Waals surface area contributed by atoms with Crippen LogP contribution in [-0.2, 0) is 0 Å². The van der Waals surface area contributed by atoms with Gasteiger partial charge < -0.3 is 10.2 Å². The van der Waals surface area contributed by atoms with Crippen molar-refractivity contribution in [3.05, 3.63) is 27.6 Å². The Morgan fingerprint density at radius 3 is 2.58 bits per heavy atom. The summed E-state index contributed by atoms with van der Waals surface area (Å²) in [5.74, 6) is -0.136. The van der Waals surface area contributed by atoms with E-state index in [0.717, 1.165) is 10.1 Å². The van der Waals surface area contributed by atoms with Gasteiger partial charge in [-0.25, -0.2) is 4.39 Å². The van der Waals surface area contributed by atoms with Gasteiger partial charge in [0.2, 0.25) is 0 Å². The van der Waals surface area contributed by atoms with Crippen molar-refractivity contribution in [2.45, 2.75) is 50.7 Å². The number of rotatable bonds is 3. The second kappa shape index (κ2) is 5.56. The first kappa shape index (κ1) is 13.6. The molecule has 0 amide bonds. The molecule has 2 bridgehead atoms. The molecule has 2 aliphatic rings. The smallest absolute Gasteiger partial charge is 0.124 e. The predicted molar refractivity (Wildman–Crippen MR) is 85.1 cm³/mol. The fourth-order valence-electron chi connectivity index (χ4n) is 3.72. The van der Waals surface area contributed by atoms with Crippen LogP contribution >= 0.6 is 22.6 Å². The van der Waals surface area contributed by atoms with Crippen LogP contribution in [0.3, 0.4) is 0 Å². The quantitative estimate of drug-likeness (QED) is 0.815. The molecule has 3 rings (SSSR count). The van der Waals surface area contributed by atoms with Crippen LogP contribution in [-0.4, -0.2) is 24.7 Å². The number of anilines is 1. The van der Waals surface area contributed by atoms with Crippen molar-refractivity contribution >= 4 is 28.3 Å². The maximum Gasteiger partial charge on any atom is 0.124 e. The lowest BCUT2D eigenvalue weighted by Gasteiger charge is -2.41. The van der Waals surface area contributed by atoms with Crippen molar-refractivity contribution in [2.75, 3.05) is 11.4 Å². The molecule has 0 spiro atoms. The van der Waals surface area contributed by atoms with Gasteiger partial charge in [0, 0.05) is 21.7 Å². The Balaban J connectivity index is 1.83. The molecule has 0 aliphatic carbocycles. The highest BCUT2D eigenvalue weighted by Crippen LogP contribution is 2.41. The SMILES string of the molecule is CCNC1CC2CCC(C1)N2c1ccc(F)cc1I. The first-order valence-electron chi connectivity index (χ1n) is 7.15. The van der Waals surface area contributed by atoms with Gasteiger partial charge in [0.25, 0.3) is 0 Å². The second-order valence-electron chi connectivity index (χ2n) is 5.61. The minimum Gasteiger partial charge on any atom is -0.365 e. The van der Waals surface area contributed by atoms with Crippen molar-refractivity contribution in [1.82, 2.24) is 5.32 Å². The zero-order chi connectivity index (χ0) is 13.4. The molecule has 2 nitrogen and oxygen atoms in total. The average molecular weight is 374 g/mol. The van der Waals surface area contributed by atoms with Crippen molar-refractivity contribution < 1.29 is 4.39 Å². The molecule has 4 heteroatoms. The first-order chi connectivity index (χ1) is 9.19. The topological polar surface area (TPSA) is 15.3 Å². The Bertz CT molecular complexity index is 451. The third-order valence-electron chi connectivity index (χ3n) is 4.41. The molecule has 0 aromatic heterocycles. The van der Waals surface area contributed by atoms with E-state index in [1.807, 2.05) is 6.07 Å². The number of nitrogens with zero attached hydrogens (tertiary/aromatic N) is 1. The normalized spacial score (nSPS) is 29.8. The molecule has 1 N–H and O–H groups in total. The van der Waals surface area contributed by atoms with Crippen molar-refractivity contribution in [3.63, 3.8) is 0 Å². The van der Waals surface area contributed by atoms with Gasteiger partial charge in [0.1, 0.15) is 5.82 Å². The summed E-state index contributed by atoms with van der Waals surface area (Å²) in [5.41, 5.74) is 1.23. The number of piperidine rings is 1. The Labute approximate surface area is 127 Å². The maximum atomic E-state index is 13.3. The molecule has 2 fully saturated rings. The average Bonchev–Trinajstić information content (AvgIpc) is 2.63. The number of hydrogen-bond acceptors (Lipinski definition) is 2. The molecule has 2 heterocycles. The summed E-state index contributed by atoms with van der Waals surface area (Å²) in [5, 5.41) is 3.59. The number of halogens is 2. The zero-order valence-electron chi connectivity index (χ0n) is 11.2. The van der Waals surface area contributed by atoms with E-state index >= 15 is 0 Å². The van der Waals surface area contributed by atoms with Gasteiger partial charge in [-0.05, 0) is 73.0 Å². The largest absolute Gasteiger partial charge is 0.365 e. The molecular weight excluding hydrogens is 354 g/mol. The Morgan fingerprint density at radius 1 is 1.32 bits per heavy atom. The van der Waals surface area contributed by atoms with E-state index in [4.69, 9.17) is 0 Å². The molecule has 1 aromatic rings. The van der Waals surface area contributed by atoms with Crippen LogP contribution in [0.25, 0.3) is 0 Å². The van der Waals surface area contributed by atoms with Crippen molar-refractivity contribution in [2.24, 2.45) is 0 Å². The number of nitrogens with one attached hydrogen (secondary N) is 1. The first-order valence-corrected chi connectivity index (χ1v) is 8.23. The highest BCUT2D eigenvalue weighted by molar-refractivity contribution is 14.1. The van der Waals surface area contributed by atoms with Crippen LogP contribution in [0, 0.1) is 9.39 Å². The van der Waals surface area contributed by atoms with Crippen LogP contribution < -0.4 is 10.2 Å². The molecule has 2 atom stereocenters. The van der Waals surface area contributed by atoms with Crippen LogP contribution in [0.4, 0.5) is 10.1 Å².